The largest absolute Gasteiger partial charge is 0.364 e. The van der Waals surface area contributed by atoms with Gasteiger partial charge in [-0.15, -0.1) is 11.3 Å². The lowest BCUT2D eigenvalue weighted by molar-refractivity contribution is 0.299. The lowest BCUT2D eigenvalue weighted by Crippen LogP contribution is -2.50. The maximum Gasteiger partial charge on any atom is 0.261 e. The zero-order valence-corrected chi connectivity index (χ0v) is 21.6. The molecule has 1 unspecified atom stereocenters. The Balaban J connectivity index is 1.58. The van der Waals surface area contributed by atoms with Crippen molar-refractivity contribution >= 4 is 27.0 Å². The summed E-state index contributed by atoms with van der Waals surface area (Å²) in [5, 5.41) is 12.3. The van der Waals surface area contributed by atoms with E-state index in [9.17, 15) is 13.7 Å². The summed E-state index contributed by atoms with van der Waals surface area (Å²) < 4.78 is 31.3. The number of anilines is 1. The lowest BCUT2D eigenvalue weighted by atomic mass is 9.95. The molecule has 0 spiro atoms. The van der Waals surface area contributed by atoms with E-state index < -0.39 is 16.1 Å². The molecule has 0 saturated heterocycles. The first kappa shape index (κ1) is 24.1. The number of sulfonamides is 1. The predicted octanol–water partition coefficient (Wildman–Crippen LogP) is 3.27. The van der Waals surface area contributed by atoms with E-state index in [1.807, 2.05) is 42.2 Å². The Labute approximate surface area is 214 Å². The molecule has 0 N–H and O–H groups in total. The highest BCUT2D eigenvalue weighted by Gasteiger charge is 2.37. The number of nitrogens with zero attached hydrogens (tertiary/aromatic N) is 7. The molecule has 0 saturated carbocycles. The normalized spacial score (nSPS) is 15.6. The number of thiazole rings is 1. The van der Waals surface area contributed by atoms with Gasteiger partial charge in [-0.2, -0.15) is 9.57 Å². The summed E-state index contributed by atoms with van der Waals surface area (Å²) in [6, 6.07) is 12.3. The van der Waals surface area contributed by atoms with Crippen LogP contribution in [0.25, 0.3) is 0 Å². The second-order valence-corrected chi connectivity index (χ2v) is 11.7. The van der Waals surface area contributed by atoms with E-state index in [0.29, 0.717) is 30.8 Å². The van der Waals surface area contributed by atoms with Crippen LogP contribution >= 0.6 is 11.3 Å². The van der Waals surface area contributed by atoms with Gasteiger partial charge in [-0.1, -0.05) is 6.07 Å². The Morgan fingerprint density at radius 2 is 2.14 bits per heavy atom. The summed E-state index contributed by atoms with van der Waals surface area (Å²) >= 11 is 1.49. The molecule has 36 heavy (non-hydrogen) atoms. The molecule has 0 radical (unpaired) electrons. The van der Waals surface area contributed by atoms with Crippen LogP contribution in [0.2, 0.25) is 0 Å². The first-order valence-electron chi connectivity index (χ1n) is 11.4. The van der Waals surface area contributed by atoms with Crippen molar-refractivity contribution in [2.24, 2.45) is 7.05 Å². The van der Waals surface area contributed by atoms with Crippen molar-refractivity contribution in [2.75, 3.05) is 11.4 Å². The first-order valence-corrected chi connectivity index (χ1v) is 13.7. The summed E-state index contributed by atoms with van der Waals surface area (Å²) in [7, 11) is -1.99. The first-order chi connectivity index (χ1) is 17.3. The Bertz CT molecular complexity index is 1520. The number of nitriles is 1. The van der Waals surface area contributed by atoms with Crippen LogP contribution in [0.15, 0.2) is 65.5 Å². The van der Waals surface area contributed by atoms with Gasteiger partial charge in [0.1, 0.15) is 0 Å². The van der Waals surface area contributed by atoms with Gasteiger partial charge in [-0.05, 0) is 49.2 Å². The summed E-state index contributed by atoms with van der Waals surface area (Å²) in [4.78, 5) is 15.1. The van der Waals surface area contributed by atoms with Gasteiger partial charge < -0.3 is 9.47 Å². The number of hydrogen-bond donors (Lipinski definition) is 0. The van der Waals surface area contributed by atoms with Gasteiger partial charge in [0.2, 0.25) is 0 Å². The quantitative estimate of drug-likeness (QED) is 0.369. The van der Waals surface area contributed by atoms with Crippen LogP contribution in [0.4, 0.5) is 5.69 Å². The number of aryl methyl sites for hydroxylation is 2. The molecule has 4 heterocycles. The molecule has 1 aromatic carbocycles. The second-order valence-electron chi connectivity index (χ2n) is 8.77. The zero-order valence-electron chi connectivity index (χ0n) is 19.9. The van der Waals surface area contributed by atoms with Crippen LogP contribution < -0.4 is 4.90 Å². The highest BCUT2D eigenvalue weighted by Crippen LogP contribution is 2.33. The van der Waals surface area contributed by atoms with Gasteiger partial charge in [0.15, 0.2) is 5.03 Å². The third kappa shape index (κ3) is 4.75. The number of aromatic nitrogens is 4. The molecular formula is C25H25N7O2S2. The topological polar surface area (TPSA) is 108 Å². The molecule has 9 nitrogen and oxygen atoms in total. The molecule has 0 amide bonds. The number of imidazole rings is 1. The Morgan fingerprint density at radius 3 is 2.81 bits per heavy atom. The smallest absolute Gasteiger partial charge is 0.261 e. The van der Waals surface area contributed by atoms with E-state index in [4.69, 9.17) is 0 Å². The average molecular weight is 520 g/mol. The molecule has 5 rings (SSSR count). The monoisotopic (exact) mass is 519 g/mol. The zero-order chi connectivity index (χ0) is 25.3. The average Bonchev–Trinajstić information content (AvgIpc) is 3.49. The molecule has 11 heteroatoms. The molecule has 1 aliphatic rings. The minimum absolute atomic E-state index is 0.00621. The van der Waals surface area contributed by atoms with Crippen molar-refractivity contribution in [1.29, 1.82) is 5.26 Å². The SMILES string of the molecule is Cc1nc(CN(C2Cc3cc(C#N)ccc3N(Cc3cncn3C)C2)S(=O)(=O)c2ccccn2)cs1. The molecule has 1 atom stereocenters. The van der Waals surface area contributed by atoms with Crippen LogP contribution in [0.5, 0.6) is 0 Å². The Hall–Kier alpha value is -3.59. The van der Waals surface area contributed by atoms with Gasteiger partial charge in [0.05, 0.1) is 47.4 Å². The number of pyridine rings is 1. The predicted molar refractivity (Wildman–Crippen MR) is 137 cm³/mol. The van der Waals surface area contributed by atoms with Gasteiger partial charge >= 0.3 is 0 Å². The van der Waals surface area contributed by atoms with Crippen molar-refractivity contribution in [2.45, 2.75) is 37.5 Å². The molecule has 0 fully saturated rings. The maximum absolute atomic E-state index is 13.9. The van der Waals surface area contributed by atoms with Crippen molar-refractivity contribution < 1.29 is 8.42 Å². The number of rotatable bonds is 7. The fourth-order valence-electron chi connectivity index (χ4n) is 4.54. The van der Waals surface area contributed by atoms with E-state index >= 15 is 0 Å². The maximum atomic E-state index is 13.9. The van der Waals surface area contributed by atoms with Gasteiger partial charge in [-0.25, -0.2) is 23.4 Å². The second kappa shape index (κ2) is 9.81. The van der Waals surface area contributed by atoms with Crippen LogP contribution in [-0.4, -0.2) is 44.8 Å². The molecule has 0 aliphatic carbocycles. The molecule has 184 valence electrons. The van der Waals surface area contributed by atoms with Crippen LogP contribution in [0.3, 0.4) is 0 Å². The third-order valence-corrected chi connectivity index (χ3v) is 8.94. The summed E-state index contributed by atoms with van der Waals surface area (Å²) in [6.07, 6.45) is 5.52. The number of fused-ring (bicyclic) bond motifs is 1. The van der Waals surface area contributed by atoms with E-state index in [-0.39, 0.29) is 11.6 Å². The van der Waals surface area contributed by atoms with E-state index in [1.165, 1.54) is 27.9 Å². The third-order valence-electron chi connectivity index (χ3n) is 6.31. The van der Waals surface area contributed by atoms with E-state index in [1.54, 1.807) is 24.5 Å². The van der Waals surface area contributed by atoms with Gasteiger partial charge in [0.25, 0.3) is 10.0 Å². The van der Waals surface area contributed by atoms with Crippen molar-refractivity contribution in [3.05, 3.63) is 88.0 Å². The molecule has 3 aromatic heterocycles. The summed E-state index contributed by atoms with van der Waals surface area (Å²) in [6.45, 7) is 3.07. The van der Waals surface area contributed by atoms with Gasteiger partial charge in [-0.3, -0.25) is 0 Å². The fourth-order valence-corrected chi connectivity index (χ4v) is 6.67. The van der Waals surface area contributed by atoms with Crippen LogP contribution in [0.1, 0.15) is 27.5 Å². The van der Waals surface area contributed by atoms with E-state index in [0.717, 1.165) is 22.0 Å². The molecular weight excluding hydrogens is 494 g/mol. The fraction of sp³-hybridized carbons (Fsp3) is 0.280. The van der Waals surface area contributed by atoms with Gasteiger partial charge in [0, 0.05) is 43.1 Å². The minimum Gasteiger partial charge on any atom is -0.364 e. The summed E-state index contributed by atoms with van der Waals surface area (Å²) in [5.74, 6) is 0. The van der Waals surface area contributed by atoms with Crippen molar-refractivity contribution in [3.63, 3.8) is 0 Å². The minimum atomic E-state index is -3.92. The number of benzene rings is 1. The highest BCUT2D eigenvalue weighted by atomic mass is 32.2. The van der Waals surface area contributed by atoms with Crippen molar-refractivity contribution in [3.8, 4) is 6.07 Å². The Kier molecular flexibility index (Phi) is 6.57. The number of hydrogen-bond acceptors (Lipinski definition) is 8. The summed E-state index contributed by atoms with van der Waals surface area (Å²) in [5.41, 5.74) is 4.17. The standard InChI is InChI=1S/C25H25N7O2S2/c1-18-29-21(16-35-18)13-32(36(33,34)25-5-3-4-8-28-25)22-10-20-9-19(11-26)6-7-24(20)31(14-22)15-23-12-27-17-30(23)2/h3-9,12,16-17,22H,10,13-15H2,1-2H3. The van der Waals surface area contributed by atoms with Crippen molar-refractivity contribution in [1.82, 2.24) is 23.8 Å². The highest BCUT2D eigenvalue weighted by molar-refractivity contribution is 7.89. The molecule has 4 aromatic rings. The molecule has 0 bridgehead atoms. The van der Waals surface area contributed by atoms with E-state index in [2.05, 4.69) is 25.9 Å². The van der Waals surface area contributed by atoms with Crippen LogP contribution in [0, 0.1) is 18.3 Å². The van der Waals surface area contributed by atoms with Crippen LogP contribution in [-0.2, 0) is 36.6 Å². The lowest BCUT2D eigenvalue weighted by Gasteiger charge is -2.40. The molecule has 1 aliphatic heterocycles. The Morgan fingerprint density at radius 1 is 1.28 bits per heavy atom.